The highest BCUT2D eigenvalue weighted by Crippen LogP contribution is 2.21. The van der Waals surface area contributed by atoms with E-state index in [1.165, 1.54) is 0 Å². The standard InChI is InChI=1S/C19H19ClO3S/c1-14(2)19(21)23-17(13-24-18-6-4-3-5-7-18)12-22-16-10-8-15(20)9-11-16/h3-11,17H,1,12-13H2,2H3. The van der Waals surface area contributed by atoms with Crippen LogP contribution in [-0.4, -0.2) is 24.4 Å². The normalized spacial score (nSPS) is 11.6. The molecule has 0 aliphatic carbocycles. The Hall–Kier alpha value is -1.91. The second-order valence-electron chi connectivity index (χ2n) is 5.20. The van der Waals surface area contributed by atoms with Crippen LogP contribution in [0.25, 0.3) is 0 Å². The topological polar surface area (TPSA) is 35.5 Å². The first kappa shape index (κ1) is 18.4. The lowest BCUT2D eigenvalue weighted by Gasteiger charge is -2.18. The van der Waals surface area contributed by atoms with Gasteiger partial charge in [0.05, 0.1) is 0 Å². The molecule has 2 aromatic carbocycles. The highest BCUT2D eigenvalue weighted by atomic mass is 35.5. The van der Waals surface area contributed by atoms with Gasteiger partial charge in [-0.3, -0.25) is 0 Å². The van der Waals surface area contributed by atoms with Crippen molar-refractivity contribution >= 4 is 29.3 Å². The van der Waals surface area contributed by atoms with Crippen LogP contribution in [0.5, 0.6) is 5.75 Å². The molecule has 5 heteroatoms. The van der Waals surface area contributed by atoms with Gasteiger partial charge in [0, 0.05) is 21.2 Å². The van der Waals surface area contributed by atoms with Crippen LogP contribution in [0.1, 0.15) is 6.92 Å². The van der Waals surface area contributed by atoms with E-state index in [1.807, 2.05) is 30.3 Å². The van der Waals surface area contributed by atoms with Gasteiger partial charge in [-0.05, 0) is 43.3 Å². The lowest BCUT2D eigenvalue weighted by Crippen LogP contribution is -2.27. The lowest BCUT2D eigenvalue weighted by molar-refractivity contribution is -0.144. The van der Waals surface area contributed by atoms with Crippen LogP contribution in [-0.2, 0) is 9.53 Å². The van der Waals surface area contributed by atoms with Crippen LogP contribution in [0.4, 0.5) is 0 Å². The molecule has 24 heavy (non-hydrogen) atoms. The van der Waals surface area contributed by atoms with E-state index < -0.39 is 5.97 Å². The third-order valence-corrected chi connectivity index (χ3v) is 4.45. The van der Waals surface area contributed by atoms with E-state index in [0.717, 1.165) is 4.90 Å². The van der Waals surface area contributed by atoms with E-state index in [2.05, 4.69) is 6.58 Å². The van der Waals surface area contributed by atoms with Crippen LogP contribution < -0.4 is 4.74 Å². The third kappa shape index (κ3) is 6.30. The van der Waals surface area contributed by atoms with Gasteiger partial charge in [0.25, 0.3) is 0 Å². The molecule has 0 radical (unpaired) electrons. The summed E-state index contributed by atoms with van der Waals surface area (Å²) in [7, 11) is 0. The Labute approximate surface area is 151 Å². The molecule has 0 aliphatic heterocycles. The number of ether oxygens (including phenoxy) is 2. The molecule has 0 fully saturated rings. The maximum Gasteiger partial charge on any atom is 0.333 e. The van der Waals surface area contributed by atoms with Crippen molar-refractivity contribution in [2.75, 3.05) is 12.4 Å². The quantitative estimate of drug-likeness (QED) is 0.376. The smallest absolute Gasteiger partial charge is 0.333 e. The molecule has 0 bridgehead atoms. The predicted octanol–water partition coefficient (Wildman–Crippen LogP) is 5.00. The lowest BCUT2D eigenvalue weighted by atomic mass is 10.3. The Kier molecular flexibility index (Phi) is 7.22. The zero-order valence-electron chi connectivity index (χ0n) is 13.4. The van der Waals surface area contributed by atoms with E-state index in [1.54, 1.807) is 43.0 Å². The van der Waals surface area contributed by atoms with Crippen molar-refractivity contribution in [2.45, 2.75) is 17.9 Å². The number of halogens is 1. The van der Waals surface area contributed by atoms with E-state index in [4.69, 9.17) is 21.1 Å². The van der Waals surface area contributed by atoms with E-state index >= 15 is 0 Å². The maximum atomic E-state index is 11.8. The Balaban J connectivity index is 1.94. The largest absolute Gasteiger partial charge is 0.490 e. The summed E-state index contributed by atoms with van der Waals surface area (Å²) in [6.45, 7) is 5.51. The predicted molar refractivity (Wildman–Crippen MR) is 98.8 cm³/mol. The molecule has 0 heterocycles. The fraction of sp³-hybridized carbons (Fsp3) is 0.211. The van der Waals surface area contributed by atoms with Gasteiger partial charge < -0.3 is 9.47 Å². The second kappa shape index (κ2) is 9.40. The molecular formula is C19H19ClO3S. The minimum Gasteiger partial charge on any atom is -0.490 e. The van der Waals surface area contributed by atoms with Crippen molar-refractivity contribution in [2.24, 2.45) is 0 Å². The zero-order chi connectivity index (χ0) is 17.4. The monoisotopic (exact) mass is 362 g/mol. The first-order valence-corrected chi connectivity index (χ1v) is 8.83. The zero-order valence-corrected chi connectivity index (χ0v) is 15.0. The number of carbonyl (C=O) groups is 1. The minimum atomic E-state index is -0.409. The average Bonchev–Trinajstić information content (AvgIpc) is 2.59. The highest BCUT2D eigenvalue weighted by Gasteiger charge is 2.16. The molecule has 126 valence electrons. The van der Waals surface area contributed by atoms with Crippen LogP contribution >= 0.6 is 23.4 Å². The van der Waals surface area contributed by atoms with E-state index in [0.29, 0.717) is 22.1 Å². The Morgan fingerprint density at radius 2 is 1.83 bits per heavy atom. The fourth-order valence-electron chi connectivity index (χ4n) is 1.79. The van der Waals surface area contributed by atoms with Gasteiger partial charge in [-0.1, -0.05) is 36.4 Å². The SMILES string of the molecule is C=C(C)C(=O)OC(COc1ccc(Cl)cc1)CSc1ccccc1. The van der Waals surface area contributed by atoms with Crippen molar-refractivity contribution < 1.29 is 14.3 Å². The molecule has 1 unspecified atom stereocenters. The summed E-state index contributed by atoms with van der Waals surface area (Å²) < 4.78 is 11.2. The summed E-state index contributed by atoms with van der Waals surface area (Å²) in [6.07, 6.45) is -0.380. The molecule has 2 aromatic rings. The number of esters is 1. The molecule has 0 saturated carbocycles. The Morgan fingerprint density at radius 3 is 2.46 bits per heavy atom. The number of thioether (sulfide) groups is 1. The highest BCUT2D eigenvalue weighted by molar-refractivity contribution is 7.99. The van der Waals surface area contributed by atoms with Crippen molar-refractivity contribution in [1.82, 2.24) is 0 Å². The van der Waals surface area contributed by atoms with Gasteiger partial charge in [-0.25, -0.2) is 4.79 Å². The Morgan fingerprint density at radius 1 is 1.17 bits per heavy atom. The summed E-state index contributed by atoms with van der Waals surface area (Å²) in [5, 5.41) is 0.646. The van der Waals surface area contributed by atoms with Crippen molar-refractivity contribution in [3.05, 3.63) is 71.8 Å². The van der Waals surface area contributed by atoms with E-state index in [9.17, 15) is 4.79 Å². The number of benzene rings is 2. The number of hydrogen-bond donors (Lipinski definition) is 0. The number of carbonyl (C=O) groups excluding carboxylic acids is 1. The van der Waals surface area contributed by atoms with Crippen LogP contribution in [0.3, 0.4) is 0 Å². The summed E-state index contributed by atoms with van der Waals surface area (Å²) >= 11 is 7.47. The van der Waals surface area contributed by atoms with Crippen LogP contribution in [0, 0.1) is 0 Å². The van der Waals surface area contributed by atoms with Gasteiger partial charge >= 0.3 is 5.97 Å². The molecule has 0 spiro atoms. The van der Waals surface area contributed by atoms with E-state index in [-0.39, 0.29) is 12.7 Å². The van der Waals surface area contributed by atoms with Crippen molar-refractivity contribution in [1.29, 1.82) is 0 Å². The summed E-state index contributed by atoms with van der Waals surface area (Å²) in [6, 6.07) is 17.0. The molecular weight excluding hydrogens is 344 g/mol. The summed E-state index contributed by atoms with van der Waals surface area (Å²) in [4.78, 5) is 12.9. The van der Waals surface area contributed by atoms with Crippen molar-refractivity contribution in [3.63, 3.8) is 0 Å². The molecule has 3 nitrogen and oxygen atoms in total. The van der Waals surface area contributed by atoms with Gasteiger partial charge in [-0.15, -0.1) is 11.8 Å². The molecule has 2 rings (SSSR count). The molecule has 0 aliphatic rings. The summed E-state index contributed by atoms with van der Waals surface area (Å²) in [5.74, 6) is 0.866. The van der Waals surface area contributed by atoms with Crippen LogP contribution in [0.15, 0.2) is 71.6 Å². The molecule has 0 amide bonds. The third-order valence-electron chi connectivity index (χ3n) is 3.05. The van der Waals surface area contributed by atoms with Gasteiger partial charge in [0.2, 0.25) is 0 Å². The van der Waals surface area contributed by atoms with Crippen LogP contribution in [0.2, 0.25) is 5.02 Å². The summed E-state index contributed by atoms with van der Waals surface area (Å²) in [5.41, 5.74) is 0.371. The number of rotatable bonds is 8. The van der Waals surface area contributed by atoms with Gasteiger partial charge in [-0.2, -0.15) is 0 Å². The molecule has 0 aromatic heterocycles. The molecule has 1 atom stereocenters. The molecule has 0 N–H and O–H groups in total. The molecule has 0 saturated heterocycles. The van der Waals surface area contributed by atoms with Crippen molar-refractivity contribution in [3.8, 4) is 5.75 Å². The average molecular weight is 363 g/mol. The number of hydrogen-bond acceptors (Lipinski definition) is 4. The van der Waals surface area contributed by atoms with Gasteiger partial charge in [0.15, 0.2) is 0 Å². The second-order valence-corrected chi connectivity index (χ2v) is 6.73. The fourth-order valence-corrected chi connectivity index (χ4v) is 2.81. The first-order chi connectivity index (χ1) is 11.5. The first-order valence-electron chi connectivity index (χ1n) is 7.47. The Bertz CT molecular complexity index is 671. The van der Waals surface area contributed by atoms with Gasteiger partial charge in [0.1, 0.15) is 18.5 Å². The maximum absolute atomic E-state index is 11.8. The minimum absolute atomic E-state index is 0.264.